The van der Waals surface area contributed by atoms with E-state index in [0.29, 0.717) is 4.47 Å². The van der Waals surface area contributed by atoms with Gasteiger partial charge in [-0.3, -0.25) is 4.79 Å². The molecule has 1 atom stereocenters. The zero-order chi connectivity index (χ0) is 16.4. The summed E-state index contributed by atoms with van der Waals surface area (Å²) in [5.74, 6) is -0.419. The van der Waals surface area contributed by atoms with E-state index in [4.69, 9.17) is 5.73 Å². The highest BCUT2D eigenvalue weighted by atomic mass is 79.9. The first-order valence-electron chi connectivity index (χ1n) is 6.33. The zero-order valence-electron chi connectivity index (χ0n) is 12.0. The summed E-state index contributed by atoms with van der Waals surface area (Å²) in [4.78, 5) is 11.9. The number of amides is 1. The number of carbonyl (C=O) groups excluding carboxylic acids is 1. The molecule has 0 saturated heterocycles. The van der Waals surface area contributed by atoms with Crippen molar-refractivity contribution in [3.8, 4) is 0 Å². The van der Waals surface area contributed by atoms with Crippen molar-refractivity contribution in [2.75, 3.05) is 5.32 Å². The first kappa shape index (κ1) is 18.0. The van der Waals surface area contributed by atoms with Gasteiger partial charge in [0.25, 0.3) is 0 Å². The van der Waals surface area contributed by atoms with Gasteiger partial charge in [0.15, 0.2) is 0 Å². The number of rotatable bonds is 3. The van der Waals surface area contributed by atoms with E-state index in [2.05, 4.69) is 21.2 Å². The van der Waals surface area contributed by atoms with Gasteiger partial charge in [-0.25, -0.2) is 0 Å². The number of alkyl halides is 3. The number of hydrogen-bond acceptors (Lipinski definition) is 2. The molecule has 0 fully saturated rings. The van der Waals surface area contributed by atoms with Crippen LogP contribution in [-0.4, -0.2) is 11.9 Å². The third-order valence-electron chi connectivity index (χ3n) is 3.09. The van der Waals surface area contributed by atoms with Gasteiger partial charge in [-0.1, -0.05) is 20.8 Å². The second kappa shape index (κ2) is 6.36. The minimum atomic E-state index is -4.46. The van der Waals surface area contributed by atoms with Crippen LogP contribution in [0.3, 0.4) is 0 Å². The van der Waals surface area contributed by atoms with E-state index in [1.54, 1.807) is 0 Å². The predicted molar refractivity (Wildman–Crippen MR) is 79.8 cm³/mol. The zero-order valence-corrected chi connectivity index (χ0v) is 13.6. The van der Waals surface area contributed by atoms with Gasteiger partial charge in [0.1, 0.15) is 0 Å². The van der Waals surface area contributed by atoms with Gasteiger partial charge >= 0.3 is 6.18 Å². The van der Waals surface area contributed by atoms with E-state index in [9.17, 15) is 18.0 Å². The summed E-state index contributed by atoms with van der Waals surface area (Å²) in [5, 5.41) is 2.46. The van der Waals surface area contributed by atoms with Crippen LogP contribution < -0.4 is 11.1 Å². The lowest BCUT2D eigenvalue weighted by atomic mass is 9.85. The molecular weight excluding hydrogens is 349 g/mol. The topological polar surface area (TPSA) is 55.1 Å². The van der Waals surface area contributed by atoms with Crippen LogP contribution in [0.1, 0.15) is 32.8 Å². The van der Waals surface area contributed by atoms with E-state index in [1.807, 2.05) is 20.8 Å². The summed E-state index contributed by atoms with van der Waals surface area (Å²) in [6.45, 7) is 5.68. The van der Waals surface area contributed by atoms with Gasteiger partial charge in [0.2, 0.25) is 5.91 Å². The molecule has 1 amide bonds. The van der Waals surface area contributed by atoms with Crippen molar-refractivity contribution >= 4 is 27.5 Å². The molecule has 118 valence electrons. The van der Waals surface area contributed by atoms with E-state index >= 15 is 0 Å². The Balaban J connectivity index is 2.86. The monoisotopic (exact) mass is 366 g/mol. The molecule has 0 heterocycles. The van der Waals surface area contributed by atoms with E-state index in [1.165, 1.54) is 6.07 Å². The van der Waals surface area contributed by atoms with Crippen molar-refractivity contribution in [2.24, 2.45) is 11.1 Å². The molecule has 0 bridgehead atoms. The average molecular weight is 367 g/mol. The van der Waals surface area contributed by atoms with Crippen molar-refractivity contribution in [3.63, 3.8) is 0 Å². The third kappa shape index (κ3) is 5.32. The normalized spacial score (nSPS) is 13.9. The Morgan fingerprint density at radius 3 is 2.38 bits per heavy atom. The van der Waals surface area contributed by atoms with Crippen LogP contribution in [0, 0.1) is 5.41 Å². The van der Waals surface area contributed by atoms with Gasteiger partial charge < -0.3 is 11.1 Å². The van der Waals surface area contributed by atoms with Crippen LogP contribution in [0.2, 0.25) is 0 Å². The second-order valence-corrected chi connectivity index (χ2v) is 6.77. The molecule has 1 aromatic carbocycles. The Labute approximate surface area is 130 Å². The predicted octanol–water partition coefficient (Wildman–Crippen LogP) is 4.17. The Morgan fingerprint density at radius 1 is 1.33 bits per heavy atom. The van der Waals surface area contributed by atoms with Crippen LogP contribution >= 0.6 is 15.9 Å². The number of anilines is 1. The standard InChI is InChI=1S/C14H18BrF3N2O/c1-13(2,3)11(19)7-12(21)20-10-6-8(14(16,17)18)4-5-9(10)15/h4-6,11H,7,19H2,1-3H3,(H,20,21). The molecule has 3 N–H and O–H groups in total. The Bertz CT molecular complexity index is 524. The second-order valence-electron chi connectivity index (χ2n) is 5.92. The van der Waals surface area contributed by atoms with Crippen LogP contribution in [0.5, 0.6) is 0 Å². The SMILES string of the molecule is CC(C)(C)C(N)CC(=O)Nc1cc(C(F)(F)F)ccc1Br. The number of carbonyl (C=O) groups is 1. The molecule has 3 nitrogen and oxygen atoms in total. The highest BCUT2D eigenvalue weighted by molar-refractivity contribution is 9.10. The van der Waals surface area contributed by atoms with Crippen molar-refractivity contribution in [1.82, 2.24) is 0 Å². The molecule has 0 spiro atoms. The van der Waals surface area contributed by atoms with E-state index in [-0.39, 0.29) is 23.6 Å². The summed E-state index contributed by atoms with van der Waals surface area (Å²) in [6, 6.07) is 2.70. The minimum absolute atomic E-state index is 0.0339. The molecule has 1 rings (SSSR count). The summed E-state index contributed by atoms with van der Waals surface area (Å²) < 4.78 is 38.3. The van der Waals surface area contributed by atoms with E-state index in [0.717, 1.165) is 12.1 Å². The van der Waals surface area contributed by atoms with Gasteiger partial charge in [-0.15, -0.1) is 0 Å². The molecule has 0 aliphatic rings. The minimum Gasteiger partial charge on any atom is -0.327 e. The summed E-state index contributed by atoms with van der Waals surface area (Å²) in [7, 11) is 0. The molecule has 0 saturated carbocycles. The molecule has 0 aliphatic carbocycles. The van der Waals surface area contributed by atoms with Crippen LogP contribution in [0.4, 0.5) is 18.9 Å². The fourth-order valence-electron chi connectivity index (χ4n) is 1.50. The van der Waals surface area contributed by atoms with Crippen LogP contribution in [0.15, 0.2) is 22.7 Å². The van der Waals surface area contributed by atoms with Crippen molar-refractivity contribution < 1.29 is 18.0 Å². The van der Waals surface area contributed by atoms with Crippen LogP contribution in [-0.2, 0) is 11.0 Å². The van der Waals surface area contributed by atoms with Crippen molar-refractivity contribution in [3.05, 3.63) is 28.2 Å². The molecule has 21 heavy (non-hydrogen) atoms. The van der Waals surface area contributed by atoms with Gasteiger partial charge in [-0.2, -0.15) is 13.2 Å². The van der Waals surface area contributed by atoms with Gasteiger partial charge in [-0.05, 0) is 39.5 Å². The molecule has 0 aliphatic heterocycles. The molecule has 0 radical (unpaired) electrons. The first-order valence-corrected chi connectivity index (χ1v) is 7.12. The largest absolute Gasteiger partial charge is 0.416 e. The maximum absolute atomic E-state index is 12.7. The van der Waals surface area contributed by atoms with Gasteiger partial charge in [0, 0.05) is 16.9 Å². The fraction of sp³-hybridized carbons (Fsp3) is 0.500. The molecular formula is C14H18BrF3N2O. The lowest BCUT2D eigenvalue weighted by Gasteiger charge is -2.26. The third-order valence-corrected chi connectivity index (χ3v) is 3.78. The summed E-state index contributed by atoms with van der Waals surface area (Å²) >= 11 is 3.12. The smallest absolute Gasteiger partial charge is 0.327 e. The molecule has 0 aromatic heterocycles. The summed E-state index contributed by atoms with van der Waals surface area (Å²) in [6.07, 6.45) is -4.42. The van der Waals surface area contributed by atoms with Crippen molar-refractivity contribution in [2.45, 2.75) is 39.4 Å². The quantitative estimate of drug-likeness (QED) is 0.843. The molecule has 1 unspecified atom stereocenters. The Hall–Kier alpha value is -1.08. The van der Waals surface area contributed by atoms with Gasteiger partial charge in [0.05, 0.1) is 11.3 Å². The molecule has 7 heteroatoms. The maximum Gasteiger partial charge on any atom is 0.416 e. The Kier molecular flexibility index (Phi) is 5.44. The van der Waals surface area contributed by atoms with Crippen LogP contribution in [0.25, 0.3) is 0 Å². The van der Waals surface area contributed by atoms with E-state index < -0.39 is 17.6 Å². The number of nitrogens with one attached hydrogen (secondary N) is 1. The first-order chi connectivity index (χ1) is 9.41. The highest BCUT2D eigenvalue weighted by Gasteiger charge is 2.31. The average Bonchev–Trinajstić information content (AvgIpc) is 2.29. The number of hydrogen-bond donors (Lipinski definition) is 2. The Morgan fingerprint density at radius 2 is 1.90 bits per heavy atom. The maximum atomic E-state index is 12.7. The fourth-order valence-corrected chi connectivity index (χ4v) is 1.85. The summed E-state index contributed by atoms with van der Waals surface area (Å²) in [5.41, 5.74) is 4.89. The highest BCUT2D eigenvalue weighted by Crippen LogP contribution is 2.34. The number of nitrogens with two attached hydrogens (primary N) is 1. The number of halogens is 4. The van der Waals surface area contributed by atoms with Crippen molar-refractivity contribution in [1.29, 1.82) is 0 Å². The number of benzene rings is 1. The molecule has 1 aromatic rings. The lowest BCUT2D eigenvalue weighted by Crippen LogP contribution is -2.38. The lowest BCUT2D eigenvalue weighted by molar-refractivity contribution is -0.137.